The first-order valence-electron chi connectivity index (χ1n) is 11.4. The van der Waals surface area contributed by atoms with Crippen molar-refractivity contribution in [3.8, 4) is 0 Å². The van der Waals surface area contributed by atoms with Gasteiger partial charge in [-0.1, -0.05) is 44.2 Å². The Labute approximate surface area is 195 Å². The average molecular weight is 523 g/mol. The van der Waals surface area contributed by atoms with Crippen LogP contribution >= 0.6 is 22.6 Å². The zero-order chi connectivity index (χ0) is 21.5. The summed E-state index contributed by atoms with van der Waals surface area (Å²) in [6.45, 7) is 5.24. The molecule has 0 radical (unpaired) electrons. The molecule has 1 unspecified atom stereocenters. The van der Waals surface area contributed by atoms with Gasteiger partial charge < -0.3 is 4.79 Å². The van der Waals surface area contributed by atoms with Gasteiger partial charge >= 0.3 is 0 Å². The average Bonchev–Trinajstić information content (AvgIpc) is 2.76. The van der Waals surface area contributed by atoms with Crippen LogP contribution in [0.5, 0.6) is 0 Å². The van der Waals surface area contributed by atoms with Gasteiger partial charge in [0, 0.05) is 22.1 Å². The molecular formula is C26H35FINO. The molecule has 0 amide bonds. The van der Waals surface area contributed by atoms with Gasteiger partial charge in [-0.25, -0.2) is 4.39 Å². The third-order valence-electron chi connectivity index (χ3n) is 6.76. The highest BCUT2D eigenvalue weighted by Crippen LogP contribution is 2.40. The second kappa shape index (κ2) is 11.6. The van der Waals surface area contributed by atoms with Gasteiger partial charge in [-0.05, 0) is 102 Å². The number of halogens is 2. The molecule has 1 aliphatic heterocycles. The molecule has 0 saturated carbocycles. The molecule has 0 aromatic heterocycles. The Bertz CT molecular complexity index is 742. The first kappa shape index (κ1) is 23.6. The predicted molar refractivity (Wildman–Crippen MR) is 131 cm³/mol. The zero-order valence-electron chi connectivity index (χ0n) is 18.3. The number of hydrogen-bond donors (Lipinski definition) is 0. The molecule has 1 saturated heterocycles. The summed E-state index contributed by atoms with van der Waals surface area (Å²) >= 11 is 2.37. The van der Waals surface area contributed by atoms with E-state index in [1.165, 1.54) is 15.6 Å². The van der Waals surface area contributed by atoms with E-state index in [1.807, 2.05) is 6.08 Å². The minimum atomic E-state index is -0.384. The van der Waals surface area contributed by atoms with Gasteiger partial charge in [0.2, 0.25) is 0 Å². The largest absolute Gasteiger partial charge is 0.303 e. The van der Waals surface area contributed by atoms with E-state index in [4.69, 9.17) is 0 Å². The lowest BCUT2D eigenvalue weighted by Crippen LogP contribution is -2.48. The molecule has 4 heteroatoms. The number of hydrogen-bond acceptors (Lipinski definition) is 2. The number of aldehydes is 1. The normalized spacial score (nSPS) is 25.9. The maximum absolute atomic E-state index is 13.1. The molecule has 30 heavy (non-hydrogen) atoms. The quantitative estimate of drug-likeness (QED) is 0.259. The molecule has 0 N–H and O–H groups in total. The van der Waals surface area contributed by atoms with Crippen LogP contribution in [0, 0.1) is 21.3 Å². The molecule has 3 rings (SSSR count). The molecule has 1 aliphatic carbocycles. The number of alkyl halides is 1. The predicted octanol–water partition coefficient (Wildman–Crippen LogP) is 6.91. The molecule has 4 atom stereocenters. The first-order valence-corrected chi connectivity index (χ1v) is 12.5. The van der Waals surface area contributed by atoms with E-state index in [1.54, 1.807) is 0 Å². The van der Waals surface area contributed by atoms with Gasteiger partial charge in [0.25, 0.3) is 0 Å². The molecule has 0 bridgehead atoms. The third-order valence-corrected chi connectivity index (χ3v) is 7.48. The molecule has 1 heterocycles. The third kappa shape index (κ3) is 6.25. The zero-order valence-corrected chi connectivity index (χ0v) is 20.4. The lowest BCUT2D eigenvalue weighted by Gasteiger charge is -2.47. The molecule has 1 aromatic rings. The number of carbonyl (C=O) groups is 1. The summed E-state index contributed by atoms with van der Waals surface area (Å²) in [4.78, 5) is 13.9. The van der Waals surface area contributed by atoms with Crippen molar-refractivity contribution in [3.63, 3.8) is 0 Å². The van der Waals surface area contributed by atoms with Crippen LogP contribution in [0.25, 0.3) is 0 Å². The maximum Gasteiger partial charge on any atom is 0.120 e. The highest BCUT2D eigenvalue weighted by Gasteiger charge is 2.37. The van der Waals surface area contributed by atoms with Crippen molar-refractivity contribution in [2.45, 2.75) is 64.5 Å². The summed E-state index contributed by atoms with van der Waals surface area (Å²) < 4.78 is 14.3. The van der Waals surface area contributed by atoms with Crippen molar-refractivity contribution >= 4 is 28.9 Å². The number of allylic oxidation sites excluding steroid dienone is 3. The Kier molecular flexibility index (Phi) is 9.12. The van der Waals surface area contributed by atoms with E-state index < -0.39 is 0 Å². The van der Waals surface area contributed by atoms with Crippen LogP contribution in [0.15, 0.2) is 48.1 Å². The van der Waals surface area contributed by atoms with E-state index in [0.717, 1.165) is 44.1 Å². The molecule has 0 spiro atoms. The van der Waals surface area contributed by atoms with E-state index in [0.29, 0.717) is 36.3 Å². The summed E-state index contributed by atoms with van der Waals surface area (Å²) in [6, 6.07) is 9.80. The lowest BCUT2D eigenvalue weighted by atomic mass is 9.78. The van der Waals surface area contributed by atoms with Crippen molar-refractivity contribution in [2.24, 2.45) is 17.8 Å². The fourth-order valence-electron chi connectivity index (χ4n) is 5.02. The Morgan fingerprint density at radius 3 is 2.60 bits per heavy atom. The number of nitrogens with zero attached hydrogens (tertiary/aromatic N) is 1. The summed E-state index contributed by atoms with van der Waals surface area (Å²) in [6.07, 6.45) is 13.4. The van der Waals surface area contributed by atoms with Gasteiger partial charge in [-0.3, -0.25) is 4.90 Å². The summed E-state index contributed by atoms with van der Waals surface area (Å²) in [5.74, 6) is 1.53. The van der Waals surface area contributed by atoms with Crippen molar-refractivity contribution < 1.29 is 9.18 Å². The second-order valence-corrected chi connectivity index (χ2v) is 10.6. The standard InChI is InChI=1S/C26H35FINO/c1-19(2)3-12-25(22-8-10-24(28)11-9-22)29-15-13-20(14-16-30)17-26(29)23-6-4-21(18-27)5-7-23/h4-6,8-11,16,19-20,23,25-26H,3,7,12-15,17-18H2,1-2H3/t20-,23?,25+,26-/m1/s1. The monoisotopic (exact) mass is 523 g/mol. The summed E-state index contributed by atoms with van der Waals surface area (Å²) in [7, 11) is 0. The first-order chi connectivity index (χ1) is 14.5. The molecular weight excluding hydrogens is 488 g/mol. The van der Waals surface area contributed by atoms with Crippen LogP contribution in [0.1, 0.15) is 64.0 Å². The fraction of sp³-hybridized carbons (Fsp3) is 0.577. The van der Waals surface area contributed by atoms with E-state index >= 15 is 0 Å². The SMILES string of the molecule is CC(C)CC[C@@H](c1ccc(I)cc1)N1CC[C@H](CC=O)C[C@@H]1C1C=CC(CF)=CC1. The Morgan fingerprint density at radius 1 is 1.23 bits per heavy atom. The number of likely N-dealkylation sites (tertiary alicyclic amines) is 1. The summed E-state index contributed by atoms with van der Waals surface area (Å²) in [5.41, 5.74) is 2.20. The highest BCUT2D eigenvalue weighted by molar-refractivity contribution is 14.1. The molecule has 1 fully saturated rings. The van der Waals surface area contributed by atoms with Gasteiger partial charge in [0.15, 0.2) is 0 Å². The second-order valence-electron chi connectivity index (χ2n) is 9.31. The number of carbonyl (C=O) groups excluding carboxylic acids is 1. The number of piperidine rings is 1. The van der Waals surface area contributed by atoms with Gasteiger partial charge in [0.05, 0.1) is 0 Å². The Hall–Kier alpha value is -1.01. The van der Waals surface area contributed by atoms with Crippen molar-refractivity contribution in [1.82, 2.24) is 4.90 Å². The number of rotatable bonds is 9. The Balaban J connectivity index is 1.87. The van der Waals surface area contributed by atoms with Crippen molar-refractivity contribution in [3.05, 3.63) is 57.2 Å². The van der Waals surface area contributed by atoms with Crippen LogP contribution in [0.4, 0.5) is 4.39 Å². The number of benzene rings is 1. The van der Waals surface area contributed by atoms with Crippen LogP contribution in [-0.4, -0.2) is 30.4 Å². The topological polar surface area (TPSA) is 20.3 Å². The fourth-order valence-corrected chi connectivity index (χ4v) is 5.38. The van der Waals surface area contributed by atoms with Gasteiger partial charge in [-0.2, -0.15) is 0 Å². The van der Waals surface area contributed by atoms with Crippen LogP contribution in [0.2, 0.25) is 0 Å². The lowest BCUT2D eigenvalue weighted by molar-refractivity contribution is -0.109. The molecule has 164 valence electrons. The minimum Gasteiger partial charge on any atom is -0.303 e. The molecule has 2 aliphatic rings. The molecule has 1 aromatic carbocycles. The van der Waals surface area contributed by atoms with Crippen LogP contribution in [-0.2, 0) is 4.79 Å². The van der Waals surface area contributed by atoms with E-state index in [2.05, 4.69) is 77.8 Å². The highest BCUT2D eigenvalue weighted by atomic mass is 127. The molecule has 2 nitrogen and oxygen atoms in total. The summed E-state index contributed by atoms with van der Waals surface area (Å²) in [5, 5.41) is 0. The van der Waals surface area contributed by atoms with Gasteiger partial charge in [0.1, 0.15) is 13.0 Å². The van der Waals surface area contributed by atoms with Crippen molar-refractivity contribution in [2.75, 3.05) is 13.2 Å². The van der Waals surface area contributed by atoms with E-state index in [-0.39, 0.29) is 6.67 Å². The maximum atomic E-state index is 13.1. The minimum absolute atomic E-state index is 0.384. The smallest absolute Gasteiger partial charge is 0.120 e. The Morgan fingerprint density at radius 2 is 2.00 bits per heavy atom. The van der Waals surface area contributed by atoms with Gasteiger partial charge in [-0.15, -0.1) is 0 Å². The van der Waals surface area contributed by atoms with Crippen molar-refractivity contribution in [1.29, 1.82) is 0 Å². The van der Waals surface area contributed by atoms with E-state index in [9.17, 15) is 9.18 Å². The van der Waals surface area contributed by atoms with Crippen LogP contribution in [0.3, 0.4) is 0 Å². The van der Waals surface area contributed by atoms with Crippen LogP contribution < -0.4 is 0 Å².